The van der Waals surface area contributed by atoms with Gasteiger partial charge in [-0.15, -0.1) is 0 Å². The molecule has 18 heavy (non-hydrogen) atoms. The van der Waals surface area contributed by atoms with Crippen molar-refractivity contribution in [1.82, 2.24) is 14.6 Å². The molecule has 1 fully saturated rings. The maximum absolute atomic E-state index is 5.91. The Labute approximate surface area is 105 Å². The van der Waals surface area contributed by atoms with E-state index in [-0.39, 0.29) is 12.1 Å². The molecule has 0 saturated carbocycles. The molecule has 0 spiro atoms. The summed E-state index contributed by atoms with van der Waals surface area (Å²) in [5.41, 5.74) is 6.93. The van der Waals surface area contributed by atoms with Crippen LogP contribution in [0.5, 0.6) is 0 Å². The summed E-state index contributed by atoms with van der Waals surface area (Å²) in [4.78, 5) is 6.68. The molecular weight excluding hydrogens is 230 g/mol. The smallest absolute Gasteiger partial charge is 0.154 e. The predicted octanol–water partition coefficient (Wildman–Crippen LogP) is 0.282. The monoisotopic (exact) mass is 247 g/mol. The van der Waals surface area contributed by atoms with E-state index in [9.17, 15) is 0 Å². The van der Waals surface area contributed by atoms with Gasteiger partial charge in [-0.05, 0) is 13.0 Å². The van der Waals surface area contributed by atoms with E-state index in [1.165, 1.54) is 0 Å². The molecule has 2 aromatic rings. The lowest BCUT2D eigenvalue weighted by Crippen LogP contribution is -2.50. The van der Waals surface area contributed by atoms with Gasteiger partial charge in [0.1, 0.15) is 5.52 Å². The lowest BCUT2D eigenvalue weighted by molar-refractivity contribution is 0.0274. The van der Waals surface area contributed by atoms with E-state index in [1.807, 2.05) is 23.7 Å². The Balaban J connectivity index is 1.92. The summed E-state index contributed by atoms with van der Waals surface area (Å²) in [6, 6.07) is 2.00. The number of aromatic nitrogens is 3. The third-order valence-electron chi connectivity index (χ3n) is 3.28. The van der Waals surface area contributed by atoms with Gasteiger partial charge in [0.05, 0.1) is 18.9 Å². The third kappa shape index (κ3) is 1.93. The molecule has 3 heterocycles. The van der Waals surface area contributed by atoms with E-state index in [1.54, 1.807) is 12.4 Å². The van der Waals surface area contributed by atoms with Crippen molar-refractivity contribution in [3.63, 3.8) is 0 Å². The van der Waals surface area contributed by atoms with Gasteiger partial charge in [0.25, 0.3) is 0 Å². The molecule has 2 aromatic heterocycles. The van der Waals surface area contributed by atoms with Crippen molar-refractivity contribution in [3.8, 4) is 0 Å². The van der Waals surface area contributed by atoms with Gasteiger partial charge in [-0.1, -0.05) is 0 Å². The number of hydrogen-bond acceptors (Lipinski definition) is 5. The van der Waals surface area contributed by atoms with Crippen molar-refractivity contribution < 1.29 is 4.74 Å². The number of ether oxygens (including phenoxy) is 1. The van der Waals surface area contributed by atoms with Crippen LogP contribution >= 0.6 is 0 Å². The second-order valence-electron chi connectivity index (χ2n) is 4.63. The molecule has 0 radical (unpaired) electrons. The summed E-state index contributed by atoms with van der Waals surface area (Å²) in [7, 11) is 0. The Morgan fingerprint density at radius 2 is 2.39 bits per heavy atom. The van der Waals surface area contributed by atoms with Gasteiger partial charge in [-0.2, -0.15) is 5.10 Å². The normalized spacial score (nSPS) is 22.3. The van der Waals surface area contributed by atoms with E-state index < -0.39 is 0 Å². The first-order chi connectivity index (χ1) is 8.75. The van der Waals surface area contributed by atoms with Crippen LogP contribution < -0.4 is 10.6 Å². The van der Waals surface area contributed by atoms with Gasteiger partial charge in [0, 0.05) is 31.5 Å². The van der Waals surface area contributed by atoms with Crippen LogP contribution in [0, 0.1) is 0 Å². The number of morpholine rings is 1. The van der Waals surface area contributed by atoms with Crippen LogP contribution in [0.4, 0.5) is 5.82 Å². The highest BCUT2D eigenvalue weighted by Gasteiger charge is 2.25. The fraction of sp³-hybridized carbons (Fsp3) is 0.500. The van der Waals surface area contributed by atoms with E-state index in [0.717, 1.165) is 24.4 Å². The molecule has 1 aliphatic heterocycles. The molecule has 0 aromatic carbocycles. The quantitative estimate of drug-likeness (QED) is 0.825. The molecular formula is C12H17N5O. The Kier molecular flexibility index (Phi) is 2.89. The Bertz CT molecular complexity index is 538. The van der Waals surface area contributed by atoms with Crippen molar-refractivity contribution in [2.45, 2.75) is 19.1 Å². The molecule has 2 atom stereocenters. The molecule has 1 aliphatic rings. The Hall–Kier alpha value is -1.66. The Morgan fingerprint density at radius 3 is 3.22 bits per heavy atom. The third-order valence-corrected chi connectivity index (χ3v) is 3.28. The zero-order valence-corrected chi connectivity index (χ0v) is 10.4. The number of nitrogens with two attached hydrogens (primary N) is 1. The van der Waals surface area contributed by atoms with Gasteiger partial charge < -0.3 is 15.4 Å². The second-order valence-corrected chi connectivity index (χ2v) is 4.63. The van der Waals surface area contributed by atoms with Crippen LogP contribution in [-0.4, -0.2) is 46.4 Å². The molecule has 3 rings (SSSR count). The molecule has 0 amide bonds. The fourth-order valence-electron chi connectivity index (χ4n) is 2.27. The summed E-state index contributed by atoms with van der Waals surface area (Å²) in [6.07, 6.45) is 5.46. The van der Waals surface area contributed by atoms with Crippen LogP contribution in [0.15, 0.2) is 24.7 Å². The van der Waals surface area contributed by atoms with Gasteiger partial charge in [0.2, 0.25) is 0 Å². The summed E-state index contributed by atoms with van der Waals surface area (Å²) in [6.45, 7) is 4.26. The number of fused-ring (bicyclic) bond motifs is 1. The first-order valence-electron chi connectivity index (χ1n) is 6.16. The SMILES string of the molecule is CC(N)C1CN(c2nccn3nccc23)CCO1. The van der Waals surface area contributed by atoms with Crippen LogP contribution in [-0.2, 0) is 4.74 Å². The second kappa shape index (κ2) is 4.55. The molecule has 0 bridgehead atoms. The average molecular weight is 247 g/mol. The average Bonchev–Trinajstić information content (AvgIpc) is 2.87. The van der Waals surface area contributed by atoms with Crippen molar-refractivity contribution >= 4 is 11.3 Å². The van der Waals surface area contributed by atoms with E-state index in [4.69, 9.17) is 10.5 Å². The predicted molar refractivity (Wildman–Crippen MR) is 68.6 cm³/mol. The van der Waals surface area contributed by atoms with Crippen LogP contribution in [0.3, 0.4) is 0 Å². The van der Waals surface area contributed by atoms with Crippen molar-refractivity contribution in [3.05, 3.63) is 24.7 Å². The number of rotatable bonds is 2. The lowest BCUT2D eigenvalue weighted by atomic mass is 10.1. The number of anilines is 1. The highest BCUT2D eigenvalue weighted by atomic mass is 16.5. The largest absolute Gasteiger partial charge is 0.373 e. The van der Waals surface area contributed by atoms with E-state index in [2.05, 4.69) is 15.0 Å². The summed E-state index contributed by atoms with van der Waals surface area (Å²) >= 11 is 0. The van der Waals surface area contributed by atoms with Gasteiger partial charge in [0.15, 0.2) is 5.82 Å². The van der Waals surface area contributed by atoms with Crippen molar-refractivity contribution in [2.75, 3.05) is 24.6 Å². The zero-order chi connectivity index (χ0) is 12.5. The zero-order valence-electron chi connectivity index (χ0n) is 10.4. The van der Waals surface area contributed by atoms with Gasteiger partial charge in [-0.25, -0.2) is 9.50 Å². The van der Waals surface area contributed by atoms with Gasteiger partial charge >= 0.3 is 0 Å². The van der Waals surface area contributed by atoms with E-state index >= 15 is 0 Å². The minimum Gasteiger partial charge on any atom is -0.373 e. The van der Waals surface area contributed by atoms with Crippen LogP contribution in [0.2, 0.25) is 0 Å². The lowest BCUT2D eigenvalue weighted by Gasteiger charge is -2.35. The molecule has 2 unspecified atom stereocenters. The number of nitrogens with zero attached hydrogens (tertiary/aromatic N) is 4. The minimum absolute atomic E-state index is 0.0254. The molecule has 0 aliphatic carbocycles. The first-order valence-corrected chi connectivity index (χ1v) is 6.16. The van der Waals surface area contributed by atoms with Crippen molar-refractivity contribution in [2.24, 2.45) is 5.73 Å². The standard InChI is InChI=1S/C12H17N5O/c1-9(13)11-8-16(6-7-18-11)12-10-2-3-15-17(10)5-4-14-12/h2-5,9,11H,6-8,13H2,1H3. The highest BCUT2D eigenvalue weighted by Crippen LogP contribution is 2.21. The first kappa shape index (κ1) is 11.4. The fourth-order valence-corrected chi connectivity index (χ4v) is 2.27. The van der Waals surface area contributed by atoms with Crippen LogP contribution in [0.1, 0.15) is 6.92 Å². The van der Waals surface area contributed by atoms with Crippen molar-refractivity contribution in [1.29, 1.82) is 0 Å². The molecule has 1 saturated heterocycles. The summed E-state index contributed by atoms with van der Waals surface area (Å²) in [5.74, 6) is 0.948. The molecule has 2 N–H and O–H groups in total. The highest BCUT2D eigenvalue weighted by molar-refractivity contribution is 5.68. The molecule has 96 valence electrons. The molecule has 6 nitrogen and oxygen atoms in total. The molecule has 6 heteroatoms. The summed E-state index contributed by atoms with van der Waals surface area (Å²) in [5, 5.41) is 4.22. The van der Waals surface area contributed by atoms with Crippen LogP contribution in [0.25, 0.3) is 5.52 Å². The Morgan fingerprint density at radius 1 is 1.50 bits per heavy atom. The minimum atomic E-state index is 0.0254. The van der Waals surface area contributed by atoms with E-state index in [0.29, 0.717) is 6.61 Å². The maximum atomic E-state index is 5.91. The number of hydrogen-bond donors (Lipinski definition) is 1. The van der Waals surface area contributed by atoms with Gasteiger partial charge in [-0.3, -0.25) is 0 Å². The maximum Gasteiger partial charge on any atom is 0.154 e. The summed E-state index contributed by atoms with van der Waals surface area (Å²) < 4.78 is 7.50. The topological polar surface area (TPSA) is 68.7 Å².